The van der Waals surface area contributed by atoms with E-state index in [9.17, 15) is 18.0 Å². The van der Waals surface area contributed by atoms with E-state index in [-0.39, 0.29) is 5.91 Å². The maximum Gasteiger partial charge on any atom is 0.416 e. The molecule has 0 unspecified atom stereocenters. The second-order valence-corrected chi connectivity index (χ2v) is 5.76. The van der Waals surface area contributed by atoms with Gasteiger partial charge in [0.15, 0.2) is 0 Å². The summed E-state index contributed by atoms with van der Waals surface area (Å²) in [5.74, 6) is -0.261. The fraction of sp³-hybridized carbons (Fsp3) is 0.0625. The van der Waals surface area contributed by atoms with E-state index in [0.29, 0.717) is 10.5 Å². The van der Waals surface area contributed by atoms with Gasteiger partial charge in [-0.2, -0.15) is 13.2 Å². The van der Waals surface area contributed by atoms with Crippen LogP contribution in [0.3, 0.4) is 0 Å². The lowest BCUT2D eigenvalue weighted by Gasteiger charge is -2.18. The topological polar surface area (TPSA) is 29.1 Å². The maximum absolute atomic E-state index is 12.5. The third kappa shape index (κ3) is 3.01. The Balaban J connectivity index is 1.88. The lowest BCUT2D eigenvalue weighted by molar-refractivity contribution is -0.137. The number of halogens is 3. The zero-order valence-corrected chi connectivity index (χ0v) is 12.0. The van der Waals surface area contributed by atoms with Crippen molar-refractivity contribution < 1.29 is 18.0 Å². The lowest BCUT2D eigenvalue weighted by Crippen LogP contribution is -2.17. The molecule has 0 radical (unpaired) electrons. The van der Waals surface area contributed by atoms with Gasteiger partial charge in [0.05, 0.1) is 16.2 Å². The molecule has 1 heterocycles. The molecule has 1 aliphatic rings. The molecule has 2 aromatic carbocycles. The Morgan fingerprint density at radius 2 is 1.68 bits per heavy atom. The summed E-state index contributed by atoms with van der Waals surface area (Å²) >= 11 is 1.30. The first-order chi connectivity index (χ1) is 10.4. The van der Waals surface area contributed by atoms with Crippen molar-refractivity contribution in [3.05, 3.63) is 64.6 Å². The van der Waals surface area contributed by atoms with Gasteiger partial charge in [-0.1, -0.05) is 36.0 Å². The third-order valence-electron chi connectivity index (χ3n) is 3.11. The molecule has 0 fully saturated rings. The van der Waals surface area contributed by atoms with Crippen LogP contribution in [0.25, 0.3) is 6.08 Å². The molecule has 1 aliphatic heterocycles. The minimum Gasteiger partial charge on any atom is -0.320 e. The number of fused-ring (bicyclic) bond motifs is 1. The highest BCUT2D eigenvalue weighted by Gasteiger charge is 2.30. The fourth-order valence-electron chi connectivity index (χ4n) is 2.02. The van der Waals surface area contributed by atoms with Crippen molar-refractivity contribution in [2.45, 2.75) is 11.1 Å². The molecular formula is C16H10F3NOS. The van der Waals surface area contributed by atoms with Crippen LogP contribution in [0.5, 0.6) is 0 Å². The molecule has 0 bridgehead atoms. The van der Waals surface area contributed by atoms with E-state index in [1.165, 1.54) is 23.9 Å². The molecule has 0 spiro atoms. The second kappa shape index (κ2) is 5.53. The lowest BCUT2D eigenvalue weighted by atomic mass is 10.1. The number of anilines is 1. The van der Waals surface area contributed by atoms with E-state index in [1.54, 1.807) is 12.1 Å². The van der Waals surface area contributed by atoms with Gasteiger partial charge in [0.1, 0.15) is 0 Å². The molecule has 0 atom stereocenters. The van der Waals surface area contributed by atoms with Gasteiger partial charge in [-0.25, -0.2) is 0 Å². The Morgan fingerprint density at radius 1 is 1.00 bits per heavy atom. The summed E-state index contributed by atoms with van der Waals surface area (Å²) in [5, 5.41) is 2.76. The number of carbonyl (C=O) groups excluding carboxylic acids is 1. The molecular weight excluding hydrogens is 311 g/mol. The molecule has 22 heavy (non-hydrogen) atoms. The second-order valence-electron chi connectivity index (χ2n) is 4.68. The number of hydrogen-bond donors (Lipinski definition) is 1. The number of alkyl halides is 3. The van der Waals surface area contributed by atoms with E-state index in [2.05, 4.69) is 5.32 Å². The van der Waals surface area contributed by atoms with Crippen LogP contribution in [0.2, 0.25) is 0 Å². The predicted molar refractivity (Wildman–Crippen MR) is 80.3 cm³/mol. The third-order valence-corrected chi connectivity index (χ3v) is 4.21. The average molecular weight is 321 g/mol. The summed E-state index contributed by atoms with van der Waals surface area (Å²) in [5.41, 5.74) is 0.577. The Morgan fingerprint density at radius 3 is 2.36 bits per heavy atom. The highest BCUT2D eigenvalue weighted by atomic mass is 32.2. The predicted octanol–water partition coefficient (Wildman–Crippen LogP) is 4.79. The van der Waals surface area contributed by atoms with Crippen LogP contribution < -0.4 is 5.32 Å². The monoisotopic (exact) mass is 321 g/mol. The highest BCUT2D eigenvalue weighted by molar-refractivity contribution is 8.04. The van der Waals surface area contributed by atoms with E-state index < -0.39 is 11.7 Å². The number of amides is 1. The first kappa shape index (κ1) is 14.7. The number of carbonyl (C=O) groups is 1. The van der Waals surface area contributed by atoms with Crippen LogP contribution in [-0.2, 0) is 11.0 Å². The van der Waals surface area contributed by atoms with Crippen LogP contribution in [0.4, 0.5) is 18.9 Å². The number of rotatable bonds is 1. The van der Waals surface area contributed by atoms with Crippen molar-refractivity contribution in [3.63, 3.8) is 0 Å². The molecule has 6 heteroatoms. The first-order valence-corrected chi connectivity index (χ1v) is 7.22. The van der Waals surface area contributed by atoms with Crippen molar-refractivity contribution in [1.82, 2.24) is 0 Å². The minimum atomic E-state index is -4.36. The summed E-state index contributed by atoms with van der Waals surface area (Å²) in [6.07, 6.45) is -2.78. The van der Waals surface area contributed by atoms with Crippen LogP contribution in [0.1, 0.15) is 11.1 Å². The largest absolute Gasteiger partial charge is 0.416 e. The molecule has 0 aromatic heterocycles. The molecule has 2 aromatic rings. The standard InChI is InChI=1S/C16H10F3NOS/c17-16(18,19)11-7-5-10(6-8-11)9-14-15(21)20-12-3-1-2-4-13(12)22-14/h1-9H,(H,20,21). The van der Waals surface area contributed by atoms with Gasteiger partial charge in [0.25, 0.3) is 5.91 Å². The zero-order chi connectivity index (χ0) is 15.7. The van der Waals surface area contributed by atoms with E-state index in [0.717, 1.165) is 22.7 Å². The number of benzene rings is 2. The molecule has 112 valence electrons. The number of para-hydroxylation sites is 1. The summed E-state index contributed by atoms with van der Waals surface area (Å²) in [6.45, 7) is 0. The normalized spacial score (nSPS) is 16.3. The smallest absolute Gasteiger partial charge is 0.320 e. The highest BCUT2D eigenvalue weighted by Crippen LogP contribution is 2.38. The van der Waals surface area contributed by atoms with Crippen molar-refractivity contribution in [2.75, 3.05) is 5.32 Å². The Hall–Kier alpha value is -2.21. The van der Waals surface area contributed by atoms with Gasteiger partial charge in [0.2, 0.25) is 0 Å². The molecule has 3 rings (SSSR count). The van der Waals surface area contributed by atoms with Gasteiger partial charge in [-0.3, -0.25) is 4.79 Å². The van der Waals surface area contributed by atoms with Crippen LogP contribution in [0, 0.1) is 0 Å². The van der Waals surface area contributed by atoms with Gasteiger partial charge < -0.3 is 5.32 Å². The summed E-state index contributed by atoms with van der Waals surface area (Å²) in [4.78, 5) is 13.4. The van der Waals surface area contributed by atoms with Crippen molar-refractivity contribution in [1.29, 1.82) is 0 Å². The number of hydrogen-bond acceptors (Lipinski definition) is 2. The van der Waals surface area contributed by atoms with Crippen molar-refractivity contribution in [3.8, 4) is 0 Å². The van der Waals surface area contributed by atoms with E-state index in [4.69, 9.17) is 0 Å². The maximum atomic E-state index is 12.5. The number of nitrogens with one attached hydrogen (secondary N) is 1. The SMILES string of the molecule is O=C1Nc2ccccc2SC1=Cc1ccc(C(F)(F)F)cc1. The van der Waals surface area contributed by atoms with Crippen LogP contribution >= 0.6 is 11.8 Å². The first-order valence-electron chi connectivity index (χ1n) is 6.41. The molecule has 0 saturated carbocycles. The molecule has 2 nitrogen and oxygen atoms in total. The van der Waals surface area contributed by atoms with Crippen molar-refractivity contribution >= 4 is 29.4 Å². The summed E-state index contributed by atoms with van der Waals surface area (Å²) in [6, 6.07) is 12.1. The van der Waals surface area contributed by atoms with E-state index >= 15 is 0 Å². The van der Waals surface area contributed by atoms with Gasteiger partial charge in [-0.15, -0.1) is 0 Å². The van der Waals surface area contributed by atoms with Gasteiger partial charge in [0, 0.05) is 4.90 Å². The molecule has 1 N–H and O–H groups in total. The Labute approximate surface area is 129 Å². The fourth-order valence-corrected chi connectivity index (χ4v) is 2.97. The van der Waals surface area contributed by atoms with Gasteiger partial charge >= 0.3 is 6.18 Å². The summed E-state index contributed by atoms with van der Waals surface area (Å²) in [7, 11) is 0. The minimum absolute atomic E-state index is 0.261. The molecule has 0 aliphatic carbocycles. The van der Waals surface area contributed by atoms with Gasteiger partial charge in [-0.05, 0) is 35.9 Å². The molecule has 0 saturated heterocycles. The quantitative estimate of drug-likeness (QED) is 0.765. The number of thioether (sulfide) groups is 1. The molecule has 1 amide bonds. The Kier molecular flexibility index (Phi) is 3.70. The van der Waals surface area contributed by atoms with Crippen LogP contribution in [-0.4, -0.2) is 5.91 Å². The summed E-state index contributed by atoms with van der Waals surface area (Å²) < 4.78 is 37.6. The van der Waals surface area contributed by atoms with Crippen LogP contribution in [0.15, 0.2) is 58.3 Å². The zero-order valence-electron chi connectivity index (χ0n) is 11.1. The van der Waals surface area contributed by atoms with E-state index in [1.807, 2.05) is 18.2 Å². The average Bonchev–Trinajstić information content (AvgIpc) is 2.48. The Bertz CT molecular complexity index is 751. The van der Waals surface area contributed by atoms with Crippen molar-refractivity contribution in [2.24, 2.45) is 0 Å².